The summed E-state index contributed by atoms with van der Waals surface area (Å²) in [5, 5.41) is 10.0. The normalized spacial score (nSPS) is 13.5. The van der Waals surface area contributed by atoms with E-state index in [1.807, 2.05) is 34.0 Å². The van der Waals surface area contributed by atoms with Crippen LogP contribution in [-0.2, 0) is 10.8 Å². The summed E-state index contributed by atoms with van der Waals surface area (Å²) in [6.45, 7) is 23.3. The number of hydrogen-bond donors (Lipinski definition) is 0. The number of anilines is 6. The van der Waals surface area contributed by atoms with Crippen LogP contribution in [-0.4, -0.2) is 6.71 Å². The van der Waals surface area contributed by atoms with Gasteiger partial charge in [-0.05, 0) is 164 Å². The standard InChI is InChI=1S/C60H53BN2S3/c1-34-26-39(46-33-65-52-21-14-12-17-43(46)52)27-35(2)57(34)63-49-19-15-18-48-55(49)61(54-44-31-40(59(5,6)7)23-25-53(44)66-58(54)63)47-24-22-38(45-32-64-51-20-13-11-16-42(45)51)30-50(47)62(48)56-36(3)28-41(29-37(56)4)60(8,9)10/h11-33H,1-10H3. The first kappa shape index (κ1) is 41.5. The molecule has 0 N–H and O–H groups in total. The Kier molecular flexibility index (Phi) is 9.30. The van der Waals surface area contributed by atoms with Crippen LogP contribution in [0.1, 0.15) is 74.9 Å². The van der Waals surface area contributed by atoms with Crippen LogP contribution in [0.4, 0.5) is 33.4 Å². The minimum absolute atomic E-state index is 0.00300. The lowest BCUT2D eigenvalue weighted by Gasteiger charge is -2.44. The van der Waals surface area contributed by atoms with Gasteiger partial charge >= 0.3 is 0 Å². The predicted octanol–water partition coefficient (Wildman–Crippen LogP) is 16.6. The van der Waals surface area contributed by atoms with E-state index in [4.69, 9.17) is 0 Å². The maximum atomic E-state index is 2.66. The van der Waals surface area contributed by atoms with Crippen molar-refractivity contribution in [2.45, 2.75) is 80.1 Å². The van der Waals surface area contributed by atoms with Crippen molar-refractivity contribution in [3.63, 3.8) is 0 Å². The summed E-state index contributed by atoms with van der Waals surface area (Å²) in [5.41, 5.74) is 23.5. The quantitative estimate of drug-likeness (QED) is 0.162. The van der Waals surface area contributed by atoms with Gasteiger partial charge in [0.25, 0.3) is 6.71 Å². The van der Waals surface area contributed by atoms with Crippen molar-refractivity contribution in [2.75, 3.05) is 9.80 Å². The number of rotatable bonds is 4. The summed E-state index contributed by atoms with van der Waals surface area (Å²) in [7, 11) is 0. The molecule has 10 aromatic rings. The molecular formula is C60H53BN2S3. The Balaban J connectivity index is 1.16. The molecule has 7 aromatic carbocycles. The van der Waals surface area contributed by atoms with E-state index in [0.29, 0.717) is 0 Å². The highest BCUT2D eigenvalue weighted by molar-refractivity contribution is 7.26. The fourth-order valence-corrected chi connectivity index (χ4v) is 14.3. The van der Waals surface area contributed by atoms with E-state index in [2.05, 4.69) is 217 Å². The predicted molar refractivity (Wildman–Crippen MR) is 294 cm³/mol. The molecule has 66 heavy (non-hydrogen) atoms. The summed E-state index contributed by atoms with van der Waals surface area (Å²) < 4.78 is 3.98. The Labute approximate surface area is 401 Å². The first-order chi connectivity index (χ1) is 31.7. The number of fused-ring (bicyclic) bond motifs is 8. The first-order valence-corrected chi connectivity index (χ1v) is 25.8. The number of nitrogens with zero attached hydrogens (tertiary/aromatic N) is 2. The zero-order valence-electron chi connectivity index (χ0n) is 39.5. The smallest absolute Gasteiger partial charge is 0.254 e. The fraction of sp³-hybridized carbons (Fsp3) is 0.200. The molecule has 2 aliphatic heterocycles. The summed E-state index contributed by atoms with van der Waals surface area (Å²) >= 11 is 5.62. The molecule has 3 aromatic heterocycles. The summed E-state index contributed by atoms with van der Waals surface area (Å²) in [4.78, 5) is 5.30. The third kappa shape index (κ3) is 6.25. The molecule has 0 atom stereocenters. The van der Waals surface area contributed by atoms with Crippen LogP contribution in [0.25, 0.3) is 52.5 Å². The van der Waals surface area contributed by atoms with Gasteiger partial charge in [0.15, 0.2) is 0 Å². The van der Waals surface area contributed by atoms with Gasteiger partial charge in [-0.1, -0.05) is 120 Å². The second-order valence-corrected chi connectivity index (χ2v) is 23.7. The van der Waals surface area contributed by atoms with E-state index in [-0.39, 0.29) is 17.5 Å². The van der Waals surface area contributed by atoms with Crippen molar-refractivity contribution in [2.24, 2.45) is 0 Å². The molecular weight excluding hydrogens is 856 g/mol. The van der Waals surface area contributed by atoms with Gasteiger partial charge in [-0.3, -0.25) is 0 Å². The second kappa shape index (κ2) is 14.8. The van der Waals surface area contributed by atoms with Gasteiger partial charge in [0.2, 0.25) is 0 Å². The van der Waals surface area contributed by atoms with Crippen LogP contribution < -0.4 is 26.2 Å². The largest absolute Gasteiger partial charge is 0.311 e. The topological polar surface area (TPSA) is 6.48 Å². The van der Waals surface area contributed by atoms with Crippen molar-refractivity contribution >= 4 is 121 Å². The third-order valence-electron chi connectivity index (χ3n) is 14.4. The Morgan fingerprint density at radius 2 is 1.00 bits per heavy atom. The van der Waals surface area contributed by atoms with Gasteiger partial charge in [0.05, 0.1) is 16.4 Å². The maximum absolute atomic E-state index is 2.66. The van der Waals surface area contributed by atoms with Crippen LogP contribution in [0, 0.1) is 27.7 Å². The monoisotopic (exact) mass is 908 g/mol. The molecule has 2 nitrogen and oxygen atoms in total. The summed E-state index contributed by atoms with van der Waals surface area (Å²) in [6, 6.07) is 49.2. The zero-order valence-corrected chi connectivity index (χ0v) is 41.9. The van der Waals surface area contributed by atoms with E-state index in [9.17, 15) is 0 Å². The zero-order chi connectivity index (χ0) is 45.6. The molecule has 0 aliphatic carbocycles. The molecule has 0 spiro atoms. The first-order valence-electron chi connectivity index (χ1n) is 23.3. The molecule has 6 heteroatoms. The Hall–Kier alpha value is -5.92. The molecule has 0 saturated carbocycles. The highest BCUT2D eigenvalue weighted by Gasteiger charge is 2.46. The molecule has 0 radical (unpaired) electrons. The number of hydrogen-bond acceptors (Lipinski definition) is 5. The van der Waals surface area contributed by atoms with E-state index < -0.39 is 0 Å². The van der Waals surface area contributed by atoms with E-state index in [1.54, 1.807) is 0 Å². The average molecular weight is 909 g/mol. The Morgan fingerprint density at radius 1 is 0.439 bits per heavy atom. The van der Waals surface area contributed by atoms with Gasteiger partial charge in [-0.15, -0.1) is 34.0 Å². The van der Waals surface area contributed by atoms with E-state index >= 15 is 0 Å². The Morgan fingerprint density at radius 3 is 1.62 bits per heavy atom. The lowest BCUT2D eigenvalue weighted by Crippen LogP contribution is -2.61. The van der Waals surface area contributed by atoms with Crippen LogP contribution in [0.2, 0.25) is 0 Å². The second-order valence-electron chi connectivity index (χ2n) is 20.8. The van der Waals surface area contributed by atoms with Crippen molar-refractivity contribution in [1.29, 1.82) is 0 Å². The molecule has 0 saturated heterocycles. The lowest BCUT2D eigenvalue weighted by molar-refractivity contribution is 0.589. The lowest BCUT2D eigenvalue weighted by atomic mass is 9.33. The average Bonchev–Trinajstić information content (AvgIpc) is 4.02. The Bertz CT molecular complexity index is 3600. The minimum Gasteiger partial charge on any atom is -0.311 e. The molecule has 0 unspecified atom stereocenters. The van der Waals surface area contributed by atoms with Crippen LogP contribution in [0.5, 0.6) is 0 Å². The number of benzene rings is 7. The highest BCUT2D eigenvalue weighted by Crippen LogP contribution is 2.52. The third-order valence-corrected chi connectivity index (χ3v) is 17.5. The number of thiophene rings is 3. The molecule has 5 heterocycles. The van der Waals surface area contributed by atoms with Gasteiger partial charge in [0.1, 0.15) is 0 Å². The molecule has 0 bridgehead atoms. The fourth-order valence-electron chi connectivity index (χ4n) is 11.2. The van der Waals surface area contributed by atoms with Gasteiger partial charge in [-0.2, -0.15) is 0 Å². The van der Waals surface area contributed by atoms with Crippen molar-refractivity contribution in [3.05, 3.63) is 172 Å². The van der Waals surface area contributed by atoms with Crippen LogP contribution in [0.3, 0.4) is 0 Å². The maximum Gasteiger partial charge on any atom is 0.254 e. The van der Waals surface area contributed by atoms with Crippen molar-refractivity contribution in [3.8, 4) is 22.3 Å². The van der Waals surface area contributed by atoms with E-state index in [1.165, 1.54) is 136 Å². The number of aryl methyl sites for hydroxylation is 4. The van der Waals surface area contributed by atoms with Crippen LogP contribution in [0.15, 0.2) is 138 Å². The summed E-state index contributed by atoms with van der Waals surface area (Å²) in [6.07, 6.45) is 0. The van der Waals surface area contributed by atoms with Crippen molar-refractivity contribution < 1.29 is 0 Å². The molecule has 0 fully saturated rings. The highest BCUT2D eigenvalue weighted by atomic mass is 32.1. The minimum atomic E-state index is 0.00300. The molecule has 2 aliphatic rings. The molecule has 0 amide bonds. The van der Waals surface area contributed by atoms with Crippen molar-refractivity contribution in [1.82, 2.24) is 0 Å². The van der Waals surface area contributed by atoms with Gasteiger partial charge in [-0.25, -0.2) is 0 Å². The van der Waals surface area contributed by atoms with Crippen LogP contribution >= 0.6 is 34.0 Å². The van der Waals surface area contributed by atoms with Gasteiger partial charge < -0.3 is 9.80 Å². The van der Waals surface area contributed by atoms with E-state index in [0.717, 1.165) is 0 Å². The molecule has 12 rings (SSSR count). The summed E-state index contributed by atoms with van der Waals surface area (Å²) in [5.74, 6) is 0. The molecule has 324 valence electrons. The van der Waals surface area contributed by atoms with Gasteiger partial charge in [0, 0.05) is 53.1 Å². The SMILES string of the molecule is Cc1cc(C(C)(C)C)cc(C)c1N1c2cc(-c3csc4ccccc34)ccc2B2c3c1cccc3N(c1c(C)cc(-c3csc4ccccc34)cc1C)c1sc3ccc(C(C)(C)C)cc3c12.